The van der Waals surface area contributed by atoms with Crippen molar-refractivity contribution in [2.45, 2.75) is 39.2 Å². The van der Waals surface area contributed by atoms with Crippen LogP contribution < -0.4 is 44.2 Å². The molecule has 0 saturated heterocycles. The number of carbonyl (C=O) groups is 1. The van der Waals surface area contributed by atoms with Crippen LogP contribution in [0.2, 0.25) is 0 Å². The second-order valence-electron chi connectivity index (χ2n) is 8.27. The summed E-state index contributed by atoms with van der Waals surface area (Å²) in [6.07, 6.45) is 3.30. The first-order valence-electron chi connectivity index (χ1n) is 12.8. The molecule has 0 fully saturated rings. The molecule has 0 heterocycles. The molecular formula is C24H44N12O2. The number of aromatic carboxylic acids is 1. The van der Waals surface area contributed by atoms with Gasteiger partial charge >= 0.3 is 5.97 Å². The van der Waals surface area contributed by atoms with Crippen molar-refractivity contribution in [3.05, 3.63) is 35.4 Å². The number of nitrogens with one attached hydrogen (secondary N) is 4. The molecule has 0 radical (unpaired) electrons. The molecule has 0 saturated carbocycles. The summed E-state index contributed by atoms with van der Waals surface area (Å²) in [5.74, 6) is 0.608. The number of guanidine groups is 4. The topological polar surface area (TPSA) is 239 Å². The van der Waals surface area contributed by atoms with Gasteiger partial charge in [-0.3, -0.25) is 15.0 Å². The Labute approximate surface area is 224 Å². The van der Waals surface area contributed by atoms with E-state index in [9.17, 15) is 4.79 Å². The van der Waals surface area contributed by atoms with Crippen molar-refractivity contribution in [3.63, 3.8) is 0 Å². The second-order valence-corrected chi connectivity index (χ2v) is 8.27. The summed E-state index contributed by atoms with van der Waals surface area (Å²) >= 11 is 0. The third kappa shape index (κ3) is 16.4. The zero-order chi connectivity index (χ0) is 28.0. The molecule has 14 heteroatoms. The van der Waals surface area contributed by atoms with Crippen molar-refractivity contribution in [2.75, 3.05) is 45.8 Å². The van der Waals surface area contributed by atoms with Crippen LogP contribution in [-0.4, -0.2) is 80.7 Å². The van der Waals surface area contributed by atoms with E-state index in [0.717, 1.165) is 37.8 Å². The van der Waals surface area contributed by atoms with Gasteiger partial charge in [-0.15, -0.1) is 0 Å². The van der Waals surface area contributed by atoms with Crippen LogP contribution in [0.25, 0.3) is 0 Å². The maximum Gasteiger partial charge on any atom is 0.335 e. The van der Waals surface area contributed by atoms with E-state index in [1.807, 2.05) is 0 Å². The Morgan fingerprint density at radius 1 is 0.684 bits per heavy atom. The number of carboxylic acids is 1. The van der Waals surface area contributed by atoms with Crippen LogP contribution in [0.5, 0.6) is 0 Å². The number of hydrogen-bond donors (Lipinski definition) is 9. The van der Waals surface area contributed by atoms with Crippen molar-refractivity contribution in [1.82, 2.24) is 21.3 Å². The van der Waals surface area contributed by atoms with Gasteiger partial charge in [-0.05, 0) is 43.4 Å². The second kappa shape index (κ2) is 19.9. The first kappa shape index (κ1) is 31.8. The van der Waals surface area contributed by atoms with Crippen molar-refractivity contribution >= 4 is 29.8 Å². The van der Waals surface area contributed by atoms with Gasteiger partial charge in [-0.2, -0.15) is 0 Å². The average Bonchev–Trinajstić information content (AvgIpc) is 2.90. The highest BCUT2D eigenvalue weighted by molar-refractivity contribution is 5.87. The molecule has 1 rings (SSSR count). The fourth-order valence-corrected chi connectivity index (χ4v) is 2.90. The predicted octanol–water partition coefficient (Wildman–Crippen LogP) is -0.918. The number of benzene rings is 1. The van der Waals surface area contributed by atoms with Crippen LogP contribution in [0, 0.1) is 0 Å². The summed E-state index contributed by atoms with van der Waals surface area (Å²) in [6.45, 7) is 6.89. The summed E-state index contributed by atoms with van der Waals surface area (Å²) < 4.78 is 0. The van der Waals surface area contributed by atoms with Crippen LogP contribution in [0.1, 0.15) is 48.5 Å². The van der Waals surface area contributed by atoms with Gasteiger partial charge in [-0.1, -0.05) is 19.1 Å². The van der Waals surface area contributed by atoms with Crippen molar-refractivity contribution in [1.29, 1.82) is 0 Å². The highest BCUT2D eigenvalue weighted by Crippen LogP contribution is 2.05. The van der Waals surface area contributed by atoms with Gasteiger partial charge in [0.15, 0.2) is 23.8 Å². The van der Waals surface area contributed by atoms with Gasteiger partial charge in [-0.25, -0.2) is 9.79 Å². The van der Waals surface area contributed by atoms with E-state index >= 15 is 0 Å². The smallest absolute Gasteiger partial charge is 0.335 e. The van der Waals surface area contributed by atoms with Gasteiger partial charge in [0, 0.05) is 45.8 Å². The van der Waals surface area contributed by atoms with E-state index < -0.39 is 5.97 Å². The van der Waals surface area contributed by atoms with E-state index in [-0.39, 0.29) is 5.56 Å². The molecule has 38 heavy (non-hydrogen) atoms. The largest absolute Gasteiger partial charge is 0.478 e. The number of carboxylic acid groups (broad SMARTS) is 1. The third-order valence-corrected chi connectivity index (χ3v) is 4.95. The van der Waals surface area contributed by atoms with Crippen LogP contribution in [0.4, 0.5) is 0 Å². The molecule has 0 unspecified atom stereocenters. The first-order chi connectivity index (χ1) is 18.3. The van der Waals surface area contributed by atoms with E-state index in [0.29, 0.717) is 69.7 Å². The fourth-order valence-electron chi connectivity index (χ4n) is 2.90. The minimum Gasteiger partial charge on any atom is -0.478 e. The Hall–Kier alpha value is -4.23. The Bertz CT molecular complexity index is 929. The zero-order valence-electron chi connectivity index (χ0n) is 22.2. The summed E-state index contributed by atoms with van der Waals surface area (Å²) in [6, 6.07) is 6.51. The number of rotatable bonds is 17. The molecule has 1 aromatic carbocycles. The Kier molecular flexibility index (Phi) is 16.7. The van der Waals surface area contributed by atoms with Gasteiger partial charge in [0.1, 0.15) is 0 Å². The van der Waals surface area contributed by atoms with E-state index in [4.69, 9.17) is 28.0 Å². The first-order valence-corrected chi connectivity index (χ1v) is 12.8. The summed E-state index contributed by atoms with van der Waals surface area (Å²) in [5, 5.41) is 21.1. The van der Waals surface area contributed by atoms with Gasteiger partial charge in [0.25, 0.3) is 0 Å². The SMILES string of the molecule is CCCN=C(N)NCCCN=C(N)NCCCNC(N)=NCCCNC(N)=NCc1ccc(C(=O)O)cc1. The molecule has 0 aliphatic heterocycles. The number of hydrogen-bond acceptors (Lipinski definition) is 5. The maximum atomic E-state index is 10.9. The molecular weight excluding hydrogens is 488 g/mol. The van der Waals surface area contributed by atoms with E-state index in [2.05, 4.69) is 48.2 Å². The highest BCUT2D eigenvalue weighted by atomic mass is 16.4. The molecule has 0 aromatic heterocycles. The molecule has 0 aliphatic carbocycles. The van der Waals surface area contributed by atoms with Crippen LogP contribution in [0.15, 0.2) is 44.2 Å². The van der Waals surface area contributed by atoms with Crippen molar-refractivity contribution in [3.8, 4) is 0 Å². The van der Waals surface area contributed by atoms with Crippen molar-refractivity contribution < 1.29 is 9.90 Å². The third-order valence-electron chi connectivity index (χ3n) is 4.95. The lowest BCUT2D eigenvalue weighted by atomic mass is 10.1. The van der Waals surface area contributed by atoms with Gasteiger partial charge in [0.2, 0.25) is 0 Å². The van der Waals surface area contributed by atoms with Gasteiger partial charge < -0.3 is 49.3 Å². The highest BCUT2D eigenvalue weighted by Gasteiger charge is 2.01. The molecule has 13 N–H and O–H groups in total. The monoisotopic (exact) mass is 532 g/mol. The zero-order valence-corrected chi connectivity index (χ0v) is 22.2. The van der Waals surface area contributed by atoms with E-state index in [1.165, 1.54) is 0 Å². The van der Waals surface area contributed by atoms with Crippen LogP contribution in [-0.2, 0) is 6.54 Å². The molecule has 212 valence electrons. The normalized spacial score (nSPS) is 12.8. The predicted molar refractivity (Wildman–Crippen MR) is 154 cm³/mol. The van der Waals surface area contributed by atoms with Crippen molar-refractivity contribution in [2.24, 2.45) is 42.9 Å². The molecule has 1 aromatic rings. The molecule has 0 bridgehead atoms. The molecule has 0 aliphatic rings. The lowest BCUT2D eigenvalue weighted by Crippen LogP contribution is -2.37. The number of aliphatic imine (C=N–C) groups is 4. The summed E-state index contributed by atoms with van der Waals surface area (Å²) in [7, 11) is 0. The maximum absolute atomic E-state index is 10.9. The van der Waals surface area contributed by atoms with Crippen LogP contribution in [0.3, 0.4) is 0 Å². The quantitative estimate of drug-likeness (QED) is 0.0679. The number of nitrogens with two attached hydrogens (primary N) is 4. The standard InChI is InChI=1S/C24H44N12O2/c1-2-10-29-21(25)30-11-3-12-31-22(26)32-13-4-14-33-23(27)34-15-5-16-35-24(28)36-17-18-6-8-19(9-7-18)20(37)38/h6-9H,2-5,10-17H2,1H3,(H,37,38)(H3,25,29,30)(H3,26,31,32)(H3,27,33,34)(H3,28,35,36). The fraction of sp³-hybridized carbons (Fsp3) is 0.542. The van der Waals surface area contributed by atoms with Gasteiger partial charge in [0.05, 0.1) is 12.1 Å². The minimum absolute atomic E-state index is 0.236. The van der Waals surface area contributed by atoms with Crippen LogP contribution >= 0.6 is 0 Å². The lowest BCUT2D eigenvalue weighted by Gasteiger charge is -2.08. The number of nitrogens with zero attached hydrogens (tertiary/aromatic N) is 4. The average molecular weight is 533 g/mol. The Balaban J connectivity index is 2.07. The molecule has 0 atom stereocenters. The molecule has 0 spiro atoms. The summed E-state index contributed by atoms with van der Waals surface area (Å²) in [4.78, 5) is 27.8. The Morgan fingerprint density at radius 2 is 1.11 bits per heavy atom. The molecule has 14 nitrogen and oxygen atoms in total. The minimum atomic E-state index is -0.959. The van der Waals surface area contributed by atoms with E-state index in [1.54, 1.807) is 24.3 Å². The lowest BCUT2D eigenvalue weighted by molar-refractivity contribution is 0.0697. The summed E-state index contributed by atoms with van der Waals surface area (Å²) in [5.41, 5.74) is 24.4. The Morgan fingerprint density at radius 3 is 1.55 bits per heavy atom. The molecule has 0 amide bonds.